The minimum Gasteiger partial charge on any atom is -0.489 e. The third kappa shape index (κ3) is 7.16. The molecule has 1 aliphatic heterocycles. The summed E-state index contributed by atoms with van der Waals surface area (Å²) in [5, 5.41) is 8.86. The third-order valence-electron chi connectivity index (χ3n) is 6.16. The number of hydrogen-bond donors (Lipinski definition) is 1. The number of amides is 1. The molecular formula is C27H29ClN4O5. The number of ether oxygens (including phenoxy) is 2. The van der Waals surface area contributed by atoms with Gasteiger partial charge in [-0.25, -0.2) is 0 Å². The summed E-state index contributed by atoms with van der Waals surface area (Å²) in [5.41, 5.74) is 1.44. The van der Waals surface area contributed by atoms with Crippen molar-refractivity contribution < 1.29 is 19.1 Å². The maximum Gasteiger partial charge on any atom is 0.310 e. The first-order valence-corrected chi connectivity index (χ1v) is 12.7. The van der Waals surface area contributed by atoms with E-state index < -0.39 is 0 Å². The van der Waals surface area contributed by atoms with Gasteiger partial charge in [0.15, 0.2) is 5.82 Å². The Bertz CT molecular complexity index is 1290. The quantitative estimate of drug-likeness (QED) is 0.423. The Kier molecular flexibility index (Phi) is 8.90. The largest absolute Gasteiger partial charge is 0.489 e. The number of aromatic nitrogens is 3. The number of aromatic amines is 1. The Hall–Kier alpha value is -3.72. The summed E-state index contributed by atoms with van der Waals surface area (Å²) in [5.74, 6) is 0.312. The average molecular weight is 525 g/mol. The second kappa shape index (κ2) is 12.5. The van der Waals surface area contributed by atoms with Crippen molar-refractivity contribution in [3.05, 3.63) is 75.2 Å². The number of hydrogen-bond acceptors (Lipinski definition) is 7. The maximum atomic E-state index is 12.7. The molecule has 0 radical (unpaired) electrons. The SMILES string of the molecule is CCOC(=O)C1CCCN(C(=O)CCc2nnc(-c3ccc(OCc4cccc(Cl)c4)cc3)[nH]c2=O)C1. The standard InChI is InChI=1S/C27H29ClN4O5/c1-2-36-27(35)20-6-4-14-32(16-20)24(33)13-12-23-26(34)29-25(31-30-23)19-8-10-22(11-9-19)37-17-18-5-3-7-21(28)15-18/h3,5,7-11,15,20H,2,4,6,12-14,16-17H2,1H3,(H,29,31,34). The van der Waals surface area contributed by atoms with Gasteiger partial charge in [-0.2, -0.15) is 0 Å². The Labute approximate surface area is 219 Å². The molecule has 1 fully saturated rings. The number of carbonyl (C=O) groups excluding carboxylic acids is 2. The van der Waals surface area contributed by atoms with Gasteiger partial charge in [0, 0.05) is 36.5 Å². The Morgan fingerprint density at radius 2 is 1.97 bits per heavy atom. The Morgan fingerprint density at radius 1 is 1.16 bits per heavy atom. The van der Waals surface area contributed by atoms with E-state index in [0.717, 1.165) is 12.0 Å². The Morgan fingerprint density at radius 3 is 2.70 bits per heavy atom. The number of nitrogens with one attached hydrogen (secondary N) is 1. The Balaban J connectivity index is 1.31. The number of halogens is 1. The smallest absolute Gasteiger partial charge is 0.310 e. The zero-order valence-electron chi connectivity index (χ0n) is 20.6. The lowest BCUT2D eigenvalue weighted by atomic mass is 9.98. The summed E-state index contributed by atoms with van der Waals surface area (Å²) in [6.07, 6.45) is 1.74. The zero-order chi connectivity index (χ0) is 26.2. The molecule has 0 spiro atoms. The number of piperidine rings is 1. The van der Waals surface area contributed by atoms with Crippen LogP contribution in [0.2, 0.25) is 5.02 Å². The van der Waals surface area contributed by atoms with E-state index in [1.165, 1.54) is 0 Å². The molecule has 0 bridgehead atoms. The highest BCUT2D eigenvalue weighted by molar-refractivity contribution is 6.30. The first kappa shape index (κ1) is 26.3. The van der Waals surface area contributed by atoms with Gasteiger partial charge >= 0.3 is 5.97 Å². The predicted octanol–water partition coefficient (Wildman–Crippen LogP) is 3.80. The van der Waals surface area contributed by atoms with Crippen LogP contribution < -0.4 is 10.3 Å². The van der Waals surface area contributed by atoms with Crippen molar-refractivity contribution in [1.29, 1.82) is 0 Å². The molecule has 2 aromatic carbocycles. The van der Waals surface area contributed by atoms with Crippen molar-refractivity contribution in [3.63, 3.8) is 0 Å². The van der Waals surface area contributed by atoms with Crippen LogP contribution >= 0.6 is 11.6 Å². The highest BCUT2D eigenvalue weighted by Gasteiger charge is 2.29. The molecule has 0 saturated carbocycles. The fraction of sp³-hybridized carbons (Fsp3) is 0.370. The summed E-state index contributed by atoms with van der Waals surface area (Å²) in [7, 11) is 0. The van der Waals surface area contributed by atoms with Crippen LogP contribution in [0.25, 0.3) is 11.4 Å². The van der Waals surface area contributed by atoms with Crippen LogP contribution in [0.1, 0.15) is 37.4 Å². The summed E-state index contributed by atoms with van der Waals surface area (Å²) >= 11 is 6.00. The maximum absolute atomic E-state index is 12.7. The van der Waals surface area contributed by atoms with Crippen molar-refractivity contribution >= 4 is 23.5 Å². The lowest BCUT2D eigenvalue weighted by molar-refractivity contribution is -0.151. The number of carbonyl (C=O) groups is 2. The number of nitrogens with zero attached hydrogens (tertiary/aromatic N) is 3. The van der Waals surface area contributed by atoms with E-state index in [0.29, 0.717) is 54.9 Å². The molecule has 1 N–H and O–H groups in total. The van der Waals surface area contributed by atoms with Gasteiger partial charge in [0.2, 0.25) is 5.91 Å². The van der Waals surface area contributed by atoms with Gasteiger partial charge in [0.25, 0.3) is 5.56 Å². The van der Waals surface area contributed by atoms with Crippen molar-refractivity contribution in [3.8, 4) is 17.1 Å². The topological polar surface area (TPSA) is 114 Å². The molecule has 1 saturated heterocycles. The predicted molar refractivity (Wildman–Crippen MR) is 138 cm³/mol. The van der Waals surface area contributed by atoms with Crippen LogP contribution in [-0.2, 0) is 27.4 Å². The number of rotatable bonds is 9. The number of benzene rings is 2. The minimum absolute atomic E-state index is 0.116. The summed E-state index contributed by atoms with van der Waals surface area (Å²) in [6.45, 7) is 3.40. The molecule has 0 aliphatic carbocycles. The van der Waals surface area contributed by atoms with Crippen LogP contribution in [-0.4, -0.2) is 51.7 Å². The molecule has 1 unspecified atom stereocenters. The van der Waals surface area contributed by atoms with Gasteiger partial charge < -0.3 is 19.4 Å². The molecule has 9 nitrogen and oxygen atoms in total. The van der Waals surface area contributed by atoms with Crippen molar-refractivity contribution in [1.82, 2.24) is 20.1 Å². The van der Waals surface area contributed by atoms with E-state index in [2.05, 4.69) is 15.2 Å². The molecule has 4 rings (SSSR count). The van der Waals surface area contributed by atoms with E-state index in [-0.39, 0.29) is 41.9 Å². The fourth-order valence-corrected chi connectivity index (χ4v) is 4.41. The van der Waals surface area contributed by atoms with Crippen LogP contribution in [0.3, 0.4) is 0 Å². The van der Waals surface area contributed by atoms with Crippen LogP contribution in [0.4, 0.5) is 0 Å². The first-order chi connectivity index (χ1) is 17.9. The number of likely N-dealkylation sites (tertiary alicyclic amines) is 1. The lowest BCUT2D eigenvalue weighted by Gasteiger charge is -2.31. The van der Waals surface area contributed by atoms with Crippen LogP contribution in [0.5, 0.6) is 5.75 Å². The van der Waals surface area contributed by atoms with Crippen molar-refractivity contribution in [2.24, 2.45) is 5.92 Å². The second-order valence-corrected chi connectivity index (χ2v) is 9.26. The second-order valence-electron chi connectivity index (χ2n) is 8.82. The monoisotopic (exact) mass is 524 g/mol. The molecule has 1 aromatic heterocycles. The zero-order valence-corrected chi connectivity index (χ0v) is 21.4. The average Bonchev–Trinajstić information content (AvgIpc) is 2.91. The molecule has 194 valence electrons. The highest BCUT2D eigenvalue weighted by atomic mass is 35.5. The van der Waals surface area contributed by atoms with Gasteiger partial charge in [-0.3, -0.25) is 14.4 Å². The van der Waals surface area contributed by atoms with Gasteiger partial charge in [-0.05, 0) is 61.7 Å². The van der Waals surface area contributed by atoms with E-state index in [1.54, 1.807) is 36.1 Å². The van der Waals surface area contributed by atoms with Crippen molar-refractivity contribution in [2.45, 2.75) is 39.2 Å². The van der Waals surface area contributed by atoms with E-state index in [9.17, 15) is 14.4 Å². The third-order valence-corrected chi connectivity index (χ3v) is 6.39. The molecule has 10 heteroatoms. The van der Waals surface area contributed by atoms with Gasteiger partial charge in [-0.15, -0.1) is 10.2 Å². The number of aryl methyl sites for hydroxylation is 1. The molecule has 1 amide bonds. The van der Waals surface area contributed by atoms with Gasteiger partial charge in [0.05, 0.1) is 12.5 Å². The molecular weight excluding hydrogens is 496 g/mol. The van der Waals surface area contributed by atoms with E-state index in [4.69, 9.17) is 21.1 Å². The summed E-state index contributed by atoms with van der Waals surface area (Å²) in [6, 6.07) is 14.6. The molecule has 3 aromatic rings. The summed E-state index contributed by atoms with van der Waals surface area (Å²) < 4.78 is 10.9. The highest BCUT2D eigenvalue weighted by Crippen LogP contribution is 2.21. The minimum atomic E-state index is -0.387. The van der Waals surface area contributed by atoms with E-state index >= 15 is 0 Å². The molecule has 37 heavy (non-hydrogen) atoms. The van der Waals surface area contributed by atoms with Crippen LogP contribution in [0, 0.1) is 5.92 Å². The first-order valence-electron chi connectivity index (χ1n) is 12.3. The number of H-pyrrole nitrogens is 1. The lowest BCUT2D eigenvalue weighted by Crippen LogP contribution is -2.43. The van der Waals surface area contributed by atoms with Gasteiger partial charge in [0.1, 0.15) is 18.1 Å². The van der Waals surface area contributed by atoms with E-state index in [1.807, 2.05) is 24.3 Å². The van der Waals surface area contributed by atoms with Gasteiger partial charge in [-0.1, -0.05) is 23.7 Å². The number of esters is 1. The fourth-order valence-electron chi connectivity index (χ4n) is 4.20. The molecule has 1 atom stereocenters. The molecule has 1 aliphatic rings. The summed E-state index contributed by atoms with van der Waals surface area (Å²) in [4.78, 5) is 41.7. The molecule has 2 heterocycles. The van der Waals surface area contributed by atoms with Crippen molar-refractivity contribution in [2.75, 3.05) is 19.7 Å². The van der Waals surface area contributed by atoms with Crippen LogP contribution in [0.15, 0.2) is 53.3 Å². The normalized spacial score (nSPS) is 15.3.